The number of nitrogens with zero attached hydrogens (tertiary/aromatic N) is 1. The zero-order valence-electron chi connectivity index (χ0n) is 27.3. The number of ether oxygens (including phenoxy) is 3. The second-order valence-electron chi connectivity index (χ2n) is 12.2. The highest BCUT2D eigenvalue weighted by Gasteiger charge is 2.39. The van der Waals surface area contributed by atoms with Crippen LogP contribution in [0.25, 0.3) is 0 Å². The third kappa shape index (κ3) is 9.59. The number of esters is 1. The normalized spacial score (nSPS) is 20.0. The Kier molecular flexibility index (Phi) is 11.9. The molecule has 0 saturated carbocycles. The van der Waals surface area contributed by atoms with Gasteiger partial charge in [-0.3, -0.25) is 14.5 Å². The van der Waals surface area contributed by atoms with Gasteiger partial charge in [-0.15, -0.1) is 0 Å². The van der Waals surface area contributed by atoms with Crippen LogP contribution < -0.4 is 5.32 Å². The Morgan fingerprint density at radius 3 is 1.89 bits per heavy atom. The molecule has 47 heavy (non-hydrogen) atoms. The lowest BCUT2D eigenvalue weighted by atomic mass is 9.89. The number of rotatable bonds is 13. The van der Waals surface area contributed by atoms with Gasteiger partial charge in [0.15, 0.2) is 12.4 Å². The highest BCUT2D eigenvalue weighted by Crippen LogP contribution is 2.42. The molecule has 5 rings (SSSR count). The molecule has 246 valence electrons. The van der Waals surface area contributed by atoms with Crippen molar-refractivity contribution in [3.63, 3.8) is 0 Å². The van der Waals surface area contributed by atoms with E-state index in [0.29, 0.717) is 13.1 Å². The van der Waals surface area contributed by atoms with Gasteiger partial charge in [0.1, 0.15) is 0 Å². The fourth-order valence-electron chi connectivity index (χ4n) is 5.88. The van der Waals surface area contributed by atoms with Gasteiger partial charge in [0.05, 0.1) is 18.8 Å². The summed E-state index contributed by atoms with van der Waals surface area (Å²) in [7, 11) is 0. The first-order chi connectivity index (χ1) is 22.8. The van der Waals surface area contributed by atoms with Crippen LogP contribution in [0.2, 0.25) is 0 Å². The highest BCUT2D eigenvalue weighted by molar-refractivity contribution is 5.82. The van der Waals surface area contributed by atoms with Crippen molar-refractivity contribution in [2.45, 2.75) is 71.6 Å². The van der Waals surface area contributed by atoms with Crippen LogP contribution in [-0.4, -0.2) is 40.6 Å². The smallest absolute Gasteiger partial charge is 0.303 e. The maximum atomic E-state index is 12.3. The molecule has 4 aromatic rings. The molecule has 5 atom stereocenters. The molecule has 8 heteroatoms. The Hall–Kier alpha value is -4.34. The summed E-state index contributed by atoms with van der Waals surface area (Å²) in [5.74, 6) is -0.817. The molecule has 0 bridgehead atoms. The average Bonchev–Trinajstić information content (AvgIpc) is 3.09. The zero-order chi connectivity index (χ0) is 33.2. The molecule has 5 unspecified atom stereocenters. The summed E-state index contributed by atoms with van der Waals surface area (Å²) in [6.45, 7) is 7.54. The monoisotopic (exact) mass is 636 g/mol. The standard InChI is InChI=1S/C39H44N2O6/c1-27-36(25-41(23-31-10-6-4-7-11-31)24-32-12-8-5-9-13-32)46-39(47-37(27)34-18-16-33(26-42)17-19-34)35-20-14-30(15-21-35)22-40-38(44)28(2)45-29(3)43/h4-21,27-28,36-37,39,42H,22-26H2,1-3H3,(H,40,44). The van der Waals surface area contributed by atoms with Crippen molar-refractivity contribution in [2.24, 2.45) is 5.92 Å². The van der Waals surface area contributed by atoms with Gasteiger partial charge in [0.25, 0.3) is 5.91 Å². The van der Waals surface area contributed by atoms with Gasteiger partial charge in [0, 0.05) is 44.6 Å². The summed E-state index contributed by atoms with van der Waals surface area (Å²) in [4.78, 5) is 25.9. The summed E-state index contributed by atoms with van der Waals surface area (Å²) < 4.78 is 18.4. The predicted octanol–water partition coefficient (Wildman–Crippen LogP) is 6.24. The molecule has 1 amide bonds. The summed E-state index contributed by atoms with van der Waals surface area (Å²) >= 11 is 0. The van der Waals surface area contributed by atoms with Crippen molar-refractivity contribution in [3.8, 4) is 0 Å². The Balaban J connectivity index is 1.36. The summed E-state index contributed by atoms with van der Waals surface area (Å²) in [6.07, 6.45) is -1.85. The van der Waals surface area contributed by atoms with Crippen molar-refractivity contribution < 1.29 is 28.9 Å². The molecule has 1 aliphatic heterocycles. The lowest BCUT2D eigenvalue weighted by Crippen LogP contribution is -2.44. The van der Waals surface area contributed by atoms with Crippen LogP contribution in [0.4, 0.5) is 0 Å². The molecule has 0 spiro atoms. The van der Waals surface area contributed by atoms with Gasteiger partial charge in [0.2, 0.25) is 0 Å². The number of benzene rings is 4. The molecule has 8 nitrogen and oxygen atoms in total. The van der Waals surface area contributed by atoms with Crippen molar-refractivity contribution in [2.75, 3.05) is 6.54 Å². The van der Waals surface area contributed by atoms with E-state index in [0.717, 1.165) is 35.3 Å². The predicted molar refractivity (Wildman–Crippen MR) is 179 cm³/mol. The van der Waals surface area contributed by atoms with E-state index in [4.69, 9.17) is 14.2 Å². The minimum atomic E-state index is -0.860. The van der Waals surface area contributed by atoms with Crippen LogP contribution in [0.1, 0.15) is 66.5 Å². The second-order valence-corrected chi connectivity index (χ2v) is 12.2. The zero-order valence-corrected chi connectivity index (χ0v) is 27.3. The van der Waals surface area contributed by atoms with Crippen molar-refractivity contribution in [3.05, 3.63) is 143 Å². The fraction of sp³-hybridized carbons (Fsp3) is 0.333. The fourth-order valence-corrected chi connectivity index (χ4v) is 5.88. The highest BCUT2D eigenvalue weighted by atomic mass is 16.7. The molecule has 0 radical (unpaired) electrons. The molecule has 1 aliphatic rings. The lowest BCUT2D eigenvalue weighted by molar-refractivity contribution is -0.276. The Morgan fingerprint density at radius 2 is 1.34 bits per heavy atom. The van der Waals surface area contributed by atoms with Crippen LogP contribution in [-0.2, 0) is 50.0 Å². The van der Waals surface area contributed by atoms with E-state index < -0.39 is 18.4 Å². The number of aliphatic hydroxyl groups excluding tert-OH is 1. The minimum Gasteiger partial charge on any atom is -0.453 e. The summed E-state index contributed by atoms with van der Waals surface area (Å²) in [5.41, 5.74) is 6.13. The van der Waals surface area contributed by atoms with Crippen molar-refractivity contribution in [1.29, 1.82) is 0 Å². The molecule has 2 N–H and O–H groups in total. The van der Waals surface area contributed by atoms with Crippen molar-refractivity contribution >= 4 is 11.9 Å². The maximum Gasteiger partial charge on any atom is 0.303 e. The molecule has 0 aromatic heterocycles. The molecule has 1 fully saturated rings. The number of carbonyl (C=O) groups is 2. The molecule has 1 heterocycles. The van der Waals surface area contributed by atoms with Crippen LogP contribution in [0.3, 0.4) is 0 Å². The summed E-state index contributed by atoms with van der Waals surface area (Å²) in [5, 5.41) is 12.4. The van der Waals surface area contributed by atoms with E-state index in [2.05, 4.69) is 65.7 Å². The van der Waals surface area contributed by atoms with Gasteiger partial charge < -0.3 is 24.6 Å². The van der Waals surface area contributed by atoms with E-state index in [-0.39, 0.29) is 30.6 Å². The number of hydrogen-bond donors (Lipinski definition) is 2. The van der Waals surface area contributed by atoms with E-state index >= 15 is 0 Å². The number of nitrogens with one attached hydrogen (secondary N) is 1. The van der Waals surface area contributed by atoms with Gasteiger partial charge in [-0.2, -0.15) is 0 Å². The molecule has 1 saturated heterocycles. The topological polar surface area (TPSA) is 97.3 Å². The van der Waals surface area contributed by atoms with Crippen LogP contribution in [0.15, 0.2) is 109 Å². The van der Waals surface area contributed by atoms with Crippen LogP contribution >= 0.6 is 0 Å². The van der Waals surface area contributed by atoms with Gasteiger partial charge in [-0.1, -0.05) is 116 Å². The van der Waals surface area contributed by atoms with E-state index in [1.54, 1.807) is 6.92 Å². The molecular formula is C39H44N2O6. The van der Waals surface area contributed by atoms with Gasteiger partial charge in [-0.25, -0.2) is 0 Å². The molecule has 4 aromatic carbocycles. The number of aliphatic hydroxyl groups is 1. The molecule has 0 aliphatic carbocycles. The van der Waals surface area contributed by atoms with E-state index in [9.17, 15) is 14.7 Å². The largest absolute Gasteiger partial charge is 0.453 e. The first-order valence-corrected chi connectivity index (χ1v) is 16.1. The lowest BCUT2D eigenvalue weighted by Gasteiger charge is -2.43. The molecular weight excluding hydrogens is 592 g/mol. The average molecular weight is 637 g/mol. The minimum absolute atomic E-state index is 0.0148. The summed E-state index contributed by atoms with van der Waals surface area (Å²) in [6, 6.07) is 36.7. The van der Waals surface area contributed by atoms with Crippen LogP contribution in [0, 0.1) is 5.92 Å². The number of carbonyl (C=O) groups excluding carboxylic acids is 2. The third-order valence-corrected chi connectivity index (χ3v) is 8.49. The van der Waals surface area contributed by atoms with E-state index in [1.807, 2.05) is 60.7 Å². The third-order valence-electron chi connectivity index (χ3n) is 8.49. The van der Waals surface area contributed by atoms with E-state index in [1.165, 1.54) is 18.1 Å². The SMILES string of the molecule is CC(=O)OC(C)C(=O)NCc1ccc(C2OC(CN(Cc3ccccc3)Cc3ccccc3)C(C)C(c3ccc(CO)cc3)O2)cc1. The van der Waals surface area contributed by atoms with Gasteiger partial charge >= 0.3 is 5.97 Å². The Bertz CT molecular complexity index is 1520. The van der Waals surface area contributed by atoms with Gasteiger partial charge in [-0.05, 0) is 34.7 Å². The number of hydrogen-bond acceptors (Lipinski definition) is 7. The number of amides is 1. The quantitative estimate of drug-likeness (QED) is 0.168. The second kappa shape index (κ2) is 16.5. The Morgan fingerprint density at radius 1 is 0.787 bits per heavy atom. The van der Waals surface area contributed by atoms with Crippen molar-refractivity contribution in [1.82, 2.24) is 10.2 Å². The maximum absolute atomic E-state index is 12.3. The first-order valence-electron chi connectivity index (χ1n) is 16.1. The van der Waals surface area contributed by atoms with Crippen LogP contribution in [0.5, 0.6) is 0 Å². The first kappa shape index (κ1) is 34.0. The Labute approximate surface area is 277 Å².